The first kappa shape index (κ1) is 20.7. The molecular formula is C21H35N5O2. The van der Waals surface area contributed by atoms with E-state index in [1.807, 2.05) is 4.90 Å². The highest BCUT2D eigenvalue weighted by atomic mass is 16.3. The van der Waals surface area contributed by atoms with Crippen LogP contribution in [0, 0.1) is 5.92 Å². The molecule has 0 spiro atoms. The van der Waals surface area contributed by atoms with Gasteiger partial charge in [-0.25, -0.2) is 0 Å². The summed E-state index contributed by atoms with van der Waals surface area (Å²) in [6.45, 7) is 13.7. The van der Waals surface area contributed by atoms with Crippen LogP contribution in [-0.4, -0.2) is 85.0 Å². The third kappa shape index (κ3) is 5.28. The topological polar surface area (TPSA) is 64.3 Å². The molecule has 3 heterocycles. The number of carbonyl (C=O) groups is 1. The maximum absolute atomic E-state index is 12.4. The quantitative estimate of drug-likeness (QED) is 0.596. The molecule has 1 aromatic heterocycles. The average Bonchev–Trinajstić information content (AvgIpc) is 3.36. The maximum Gasteiger partial charge on any atom is 0.289 e. The van der Waals surface area contributed by atoms with Gasteiger partial charge in [0.15, 0.2) is 11.7 Å². The summed E-state index contributed by atoms with van der Waals surface area (Å²) < 4.78 is 5.25. The van der Waals surface area contributed by atoms with Gasteiger partial charge in [0.25, 0.3) is 5.91 Å². The third-order valence-corrected chi connectivity index (χ3v) is 5.48. The Bertz CT molecular complexity index is 635. The zero-order valence-electron chi connectivity index (χ0n) is 17.6. The fourth-order valence-corrected chi connectivity index (χ4v) is 4.11. The Morgan fingerprint density at radius 1 is 1.25 bits per heavy atom. The zero-order chi connectivity index (χ0) is 19.9. The summed E-state index contributed by atoms with van der Waals surface area (Å²) in [5, 5.41) is 3.44. The lowest BCUT2D eigenvalue weighted by Gasteiger charge is -2.36. The molecule has 2 fully saturated rings. The van der Waals surface area contributed by atoms with Crippen LogP contribution < -0.4 is 5.32 Å². The molecule has 1 amide bonds. The monoisotopic (exact) mass is 389 g/mol. The minimum absolute atomic E-state index is 0.0260. The first-order chi connectivity index (χ1) is 13.6. The van der Waals surface area contributed by atoms with Gasteiger partial charge in [-0.3, -0.25) is 14.7 Å². The number of guanidine groups is 1. The lowest BCUT2D eigenvalue weighted by atomic mass is 10.2. The van der Waals surface area contributed by atoms with E-state index in [0.717, 1.165) is 38.7 Å². The minimum Gasteiger partial charge on any atom is -0.459 e. The van der Waals surface area contributed by atoms with E-state index in [9.17, 15) is 4.79 Å². The number of amides is 1. The molecule has 28 heavy (non-hydrogen) atoms. The molecule has 1 aromatic rings. The van der Waals surface area contributed by atoms with Gasteiger partial charge >= 0.3 is 0 Å². The van der Waals surface area contributed by atoms with Gasteiger partial charge in [0.05, 0.1) is 12.8 Å². The number of hydrogen-bond acceptors (Lipinski definition) is 4. The van der Waals surface area contributed by atoms with Crippen molar-refractivity contribution < 1.29 is 9.21 Å². The molecule has 0 saturated carbocycles. The van der Waals surface area contributed by atoms with Gasteiger partial charge in [-0.1, -0.05) is 13.8 Å². The minimum atomic E-state index is -0.0260. The van der Waals surface area contributed by atoms with Gasteiger partial charge in [-0.2, -0.15) is 0 Å². The summed E-state index contributed by atoms with van der Waals surface area (Å²) in [6.07, 6.45) is 4.06. The van der Waals surface area contributed by atoms with Crippen LogP contribution in [0.25, 0.3) is 0 Å². The summed E-state index contributed by atoms with van der Waals surface area (Å²) >= 11 is 0. The molecule has 3 rings (SSSR count). The Hall–Kier alpha value is -2.02. The van der Waals surface area contributed by atoms with Crippen molar-refractivity contribution in [2.24, 2.45) is 10.9 Å². The van der Waals surface area contributed by atoms with Crippen molar-refractivity contribution in [3.8, 4) is 0 Å². The molecular weight excluding hydrogens is 354 g/mol. The van der Waals surface area contributed by atoms with Crippen LogP contribution in [0.15, 0.2) is 27.8 Å². The van der Waals surface area contributed by atoms with Crippen LogP contribution in [0.5, 0.6) is 0 Å². The molecule has 0 aromatic carbocycles. The zero-order valence-corrected chi connectivity index (χ0v) is 17.6. The van der Waals surface area contributed by atoms with Crippen LogP contribution in [-0.2, 0) is 0 Å². The molecule has 2 aliphatic heterocycles. The number of hydrogen-bond donors (Lipinski definition) is 1. The summed E-state index contributed by atoms with van der Waals surface area (Å²) in [6, 6.07) is 4.04. The standard InChI is InChI=1S/C21H35N5O2/c1-4-22-21(23-15-18-7-5-9-26(18)16-17(2)3)25-12-10-24(11-13-25)20(27)19-8-6-14-28-19/h6,8,14,17-18H,4-5,7,9-13,15-16H2,1-3H3,(H,22,23)/t18-/m1/s1. The Morgan fingerprint density at radius 2 is 2.00 bits per heavy atom. The van der Waals surface area contributed by atoms with E-state index in [1.54, 1.807) is 18.4 Å². The SMILES string of the molecule is CCNC(=NC[C@H]1CCCN1CC(C)C)N1CCN(C(=O)c2ccco2)CC1. The lowest BCUT2D eigenvalue weighted by Crippen LogP contribution is -2.54. The third-order valence-electron chi connectivity index (χ3n) is 5.48. The summed E-state index contributed by atoms with van der Waals surface area (Å²) in [5.41, 5.74) is 0. The molecule has 7 nitrogen and oxygen atoms in total. The van der Waals surface area contributed by atoms with Crippen molar-refractivity contribution in [2.45, 2.75) is 39.7 Å². The van der Waals surface area contributed by atoms with Crippen LogP contribution in [0.2, 0.25) is 0 Å². The Morgan fingerprint density at radius 3 is 2.64 bits per heavy atom. The van der Waals surface area contributed by atoms with E-state index in [-0.39, 0.29) is 5.91 Å². The Balaban J connectivity index is 1.55. The first-order valence-corrected chi connectivity index (χ1v) is 10.7. The van der Waals surface area contributed by atoms with Crippen LogP contribution >= 0.6 is 0 Å². The van der Waals surface area contributed by atoms with Crippen LogP contribution in [0.1, 0.15) is 44.2 Å². The molecule has 7 heteroatoms. The van der Waals surface area contributed by atoms with E-state index in [1.165, 1.54) is 19.4 Å². The summed E-state index contributed by atoms with van der Waals surface area (Å²) in [7, 11) is 0. The predicted octanol–water partition coefficient (Wildman–Crippen LogP) is 2.12. The Kier molecular flexibility index (Phi) is 7.36. The molecule has 0 aliphatic carbocycles. The van der Waals surface area contributed by atoms with Crippen LogP contribution in [0.4, 0.5) is 0 Å². The number of likely N-dealkylation sites (tertiary alicyclic amines) is 1. The number of nitrogens with zero attached hydrogens (tertiary/aromatic N) is 4. The second-order valence-corrected chi connectivity index (χ2v) is 8.14. The normalized spacial score (nSPS) is 21.6. The highest BCUT2D eigenvalue weighted by Crippen LogP contribution is 2.19. The van der Waals surface area contributed by atoms with Crippen molar-refractivity contribution in [3.05, 3.63) is 24.2 Å². The smallest absolute Gasteiger partial charge is 0.289 e. The highest BCUT2D eigenvalue weighted by Gasteiger charge is 2.27. The molecule has 1 N–H and O–H groups in total. The molecule has 2 aliphatic rings. The molecule has 0 unspecified atom stereocenters. The number of rotatable bonds is 6. The lowest BCUT2D eigenvalue weighted by molar-refractivity contribution is 0.0657. The van der Waals surface area contributed by atoms with Crippen molar-refractivity contribution in [2.75, 3.05) is 52.4 Å². The maximum atomic E-state index is 12.4. The average molecular weight is 390 g/mol. The molecule has 0 bridgehead atoms. The fraction of sp³-hybridized carbons (Fsp3) is 0.714. The van der Waals surface area contributed by atoms with Crippen molar-refractivity contribution in [1.82, 2.24) is 20.0 Å². The van der Waals surface area contributed by atoms with Gasteiger partial charge in [0.1, 0.15) is 0 Å². The fourth-order valence-electron chi connectivity index (χ4n) is 4.11. The second kappa shape index (κ2) is 9.96. The number of nitrogens with one attached hydrogen (secondary N) is 1. The van der Waals surface area contributed by atoms with Gasteiger partial charge in [0.2, 0.25) is 0 Å². The number of aliphatic imine (C=N–C) groups is 1. The van der Waals surface area contributed by atoms with Gasteiger partial charge in [-0.15, -0.1) is 0 Å². The van der Waals surface area contributed by atoms with Crippen molar-refractivity contribution >= 4 is 11.9 Å². The molecule has 156 valence electrons. The van der Waals surface area contributed by atoms with Crippen molar-refractivity contribution in [3.63, 3.8) is 0 Å². The number of furan rings is 1. The van der Waals surface area contributed by atoms with E-state index in [0.29, 0.717) is 30.8 Å². The predicted molar refractivity (Wildman–Crippen MR) is 112 cm³/mol. The van der Waals surface area contributed by atoms with E-state index in [2.05, 4.69) is 35.9 Å². The van der Waals surface area contributed by atoms with Gasteiger partial charge < -0.3 is 19.5 Å². The molecule has 2 saturated heterocycles. The highest BCUT2D eigenvalue weighted by molar-refractivity contribution is 5.91. The largest absolute Gasteiger partial charge is 0.459 e. The summed E-state index contributed by atoms with van der Waals surface area (Å²) in [5.74, 6) is 2.06. The van der Waals surface area contributed by atoms with Gasteiger partial charge in [0, 0.05) is 45.3 Å². The van der Waals surface area contributed by atoms with E-state index in [4.69, 9.17) is 9.41 Å². The van der Waals surface area contributed by atoms with Crippen molar-refractivity contribution in [1.29, 1.82) is 0 Å². The number of piperazine rings is 1. The van der Waals surface area contributed by atoms with Crippen LogP contribution in [0.3, 0.4) is 0 Å². The number of carbonyl (C=O) groups excluding carboxylic acids is 1. The molecule has 0 radical (unpaired) electrons. The van der Waals surface area contributed by atoms with Gasteiger partial charge in [-0.05, 0) is 44.4 Å². The van der Waals surface area contributed by atoms with E-state index < -0.39 is 0 Å². The van der Waals surface area contributed by atoms with E-state index >= 15 is 0 Å². The Labute approximate surface area is 168 Å². The summed E-state index contributed by atoms with van der Waals surface area (Å²) in [4.78, 5) is 24.1. The second-order valence-electron chi connectivity index (χ2n) is 8.14. The molecule has 1 atom stereocenters. The first-order valence-electron chi connectivity index (χ1n) is 10.7.